The highest BCUT2D eigenvalue weighted by molar-refractivity contribution is 7.14. The maximum absolute atomic E-state index is 12.5. The van der Waals surface area contributed by atoms with E-state index in [0.29, 0.717) is 13.1 Å². The molecule has 0 aromatic carbocycles. The van der Waals surface area contributed by atoms with Gasteiger partial charge in [0.05, 0.1) is 18.0 Å². The first-order valence-corrected chi connectivity index (χ1v) is 8.88. The highest BCUT2D eigenvalue weighted by Gasteiger charge is 2.46. The molecule has 1 fully saturated rings. The van der Waals surface area contributed by atoms with E-state index in [2.05, 4.69) is 13.0 Å². The minimum absolute atomic E-state index is 0.104. The molecular weight excluding hydrogens is 282 g/mol. The molecule has 1 atom stereocenters. The summed E-state index contributed by atoms with van der Waals surface area (Å²) in [5.41, 5.74) is 0.709. The molecule has 0 radical (unpaired) electrons. The summed E-state index contributed by atoms with van der Waals surface area (Å²) in [5, 5.41) is 10.3. The van der Waals surface area contributed by atoms with Crippen LogP contribution in [0.15, 0.2) is 6.07 Å². The average molecular weight is 307 g/mol. The third kappa shape index (κ3) is 2.64. The molecule has 4 heteroatoms. The summed E-state index contributed by atoms with van der Waals surface area (Å²) < 4.78 is 0. The number of thiophene rings is 1. The number of carbonyl (C=O) groups is 1. The highest BCUT2D eigenvalue weighted by Crippen LogP contribution is 2.36. The summed E-state index contributed by atoms with van der Waals surface area (Å²) in [4.78, 5) is 16.6. The van der Waals surface area contributed by atoms with E-state index in [4.69, 9.17) is 0 Å². The van der Waals surface area contributed by atoms with Crippen LogP contribution in [0.25, 0.3) is 0 Å². The quantitative estimate of drug-likeness (QED) is 0.932. The van der Waals surface area contributed by atoms with Crippen LogP contribution in [-0.2, 0) is 12.8 Å². The third-order valence-corrected chi connectivity index (χ3v) is 6.49. The molecule has 0 spiro atoms. The Kier molecular flexibility index (Phi) is 3.87. The van der Waals surface area contributed by atoms with Crippen molar-refractivity contribution in [3.8, 4) is 0 Å². The fourth-order valence-corrected chi connectivity index (χ4v) is 4.51. The van der Waals surface area contributed by atoms with Gasteiger partial charge in [-0.1, -0.05) is 27.2 Å². The van der Waals surface area contributed by atoms with Gasteiger partial charge >= 0.3 is 0 Å². The number of β-amino-alcohol motifs (C(OH)–C–C–N with tert-alkyl or cyclic N) is 1. The van der Waals surface area contributed by atoms with E-state index in [9.17, 15) is 9.90 Å². The molecule has 1 amide bonds. The number of rotatable bonds is 3. The molecule has 116 valence electrons. The minimum atomic E-state index is -0.681. The van der Waals surface area contributed by atoms with E-state index >= 15 is 0 Å². The lowest BCUT2D eigenvalue weighted by Crippen LogP contribution is -2.65. The van der Waals surface area contributed by atoms with Crippen molar-refractivity contribution in [1.82, 2.24) is 4.90 Å². The van der Waals surface area contributed by atoms with Crippen molar-refractivity contribution in [2.75, 3.05) is 13.1 Å². The number of nitrogens with zero attached hydrogens (tertiary/aromatic N) is 1. The fraction of sp³-hybridized carbons (Fsp3) is 0.706. The number of fused-ring (bicyclic) bond motifs is 1. The Bertz CT molecular complexity index is 543. The van der Waals surface area contributed by atoms with Gasteiger partial charge in [-0.2, -0.15) is 0 Å². The minimum Gasteiger partial charge on any atom is -0.386 e. The second-order valence-electron chi connectivity index (χ2n) is 7.00. The first-order valence-electron chi connectivity index (χ1n) is 8.06. The Hall–Kier alpha value is -0.870. The van der Waals surface area contributed by atoms with Gasteiger partial charge in [-0.25, -0.2) is 0 Å². The number of likely N-dealkylation sites (tertiary alicyclic amines) is 1. The number of hydrogen-bond donors (Lipinski definition) is 1. The summed E-state index contributed by atoms with van der Waals surface area (Å²) in [5.74, 6) is 1.08. The van der Waals surface area contributed by atoms with Crippen molar-refractivity contribution in [1.29, 1.82) is 0 Å². The maximum atomic E-state index is 12.5. The van der Waals surface area contributed by atoms with E-state index in [1.807, 2.05) is 13.8 Å². The molecule has 3 nitrogen and oxygen atoms in total. The molecule has 0 bridgehead atoms. The van der Waals surface area contributed by atoms with Crippen LogP contribution in [0.5, 0.6) is 0 Å². The molecule has 1 N–H and O–H groups in total. The summed E-state index contributed by atoms with van der Waals surface area (Å²) in [6.45, 7) is 7.22. The number of aryl methyl sites for hydroxylation is 1. The van der Waals surface area contributed by atoms with Crippen LogP contribution in [0.1, 0.15) is 53.7 Å². The number of carbonyl (C=O) groups excluding carboxylic acids is 1. The van der Waals surface area contributed by atoms with E-state index in [1.54, 1.807) is 16.2 Å². The largest absolute Gasteiger partial charge is 0.386 e. The Morgan fingerprint density at radius 1 is 1.52 bits per heavy atom. The molecule has 21 heavy (non-hydrogen) atoms. The lowest BCUT2D eigenvalue weighted by atomic mass is 9.83. The molecule has 1 saturated heterocycles. The van der Waals surface area contributed by atoms with Gasteiger partial charge < -0.3 is 10.0 Å². The lowest BCUT2D eigenvalue weighted by molar-refractivity contribution is -0.110. The molecule has 1 unspecified atom stereocenters. The van der Waals surface area contributed by atoms with Crippen LogP contribution in [0.4, 0.5) is 0 Å². The predicted octanol–water partition coefficient (Wildman–Crippen LogP) is 3.11. The summed E-state index contributed by atoms with van der Waals surface area (Å²) in [6, 6.07) is 2.11. The van der Waals surface area contributed by atoms with Gasteiger partial charge in [0.1, 0.15) is 5.60 Å². The van der Waals surface area contributed by atoms with Crippen molar-refractivity contribution in [3.05, 3.63) is 21.4 Å². The van der Waals surface area contributed by atoms with Crippen LogP contribution in [-0.4, -0.2) is 34.6 Å². The zero-order chi connectivity index (χ0) is 15.2. The van der Waals surface area contributed by atoms with Crippen LogP contribution in [0, 0.1) is 11.8 Å². The average Bonchev–Trinajstić information content (AvgIpc) is 2.85. The topological polar surface area (TPSA) is 40.5 Å². The monoisotopic (exact) mass is 307 g/mol. The Morgan fingerprint density at radius 2 is 2.24 bits per heavy atom. The van der Waals surface area contributed by atoms with Gasteiger partial charge in [-0.15, -0.1) is 11.3 Å². The first kappa shape index (κ1) is 15.0. The third-order valence-electron chi connectivity index (χ3n) is 5.26. The zero-order valence-electron chi connectivity index (χ0n) is 13.2. The molecule has 2 heterocycles. The number of hydrogen-bond acceptors (Lipinski definition) is 3. The second-order valence-corrected chi connectivity index (χ2v) is 8.13. The normalized spacial score (nSPS) is 23.9. The Balaban J connectivity index is 1.69. The zero-order valence-corrected chi connectivity index (χ0v) is 14.0. The van der Waals surface area contributed by atoms with Gasteiger partial charge in [0.25, 0.3) is 5.91 Å². The van der Waals surface area contributed by atoms with E-state index in [0.717, 1.165) is 23.6 Å². The summed E-state index contributed by atoms with van der Waals surface area (Å²) in [7, 11) is 0. The summed E-state index contributed by atoms with van der Waals surface area (Å²) in [6.07, 6.45) is 4.74. The standard InChI is InChI=1S/C17H25NO2S/c1-4-12-5-6-14-13(7-12)8-15(21-14)16(19)18-9-17(20,10-18)11(2)3/h8,11-12,20H,4-7,9-10H2,1-3H3. The molecular formula is C17H25NO2S. The molecule has 1 aromatic rings. The van der Waals surface area contributed by atoms with Gasteiger partial charge in [0.15, 0.2) is 0 Å². The van der Waals surface area contributed by atoms with E-state index in [-0.39, 0.29) is 11.8 Å². The summed E-state index contributed by atoms with van der Waals surface area (Å²) >= 11 is 1.67. The van der Waals surface area contributed by atoms with E-state index in [1.165, 1.54) is 23.3 Å². The Labute approximate surface area is 131 Å². The van der Waals surface area contributed by atoms with Gasteiger partial charge in [-0.05, 0) is 42.7 Å². The highest BCUT2D eigenvalue weighted by atomic mass is 32.1. The number of aliphatic hydroxyl groups is 1. The SMILES string of the molecule is CCC1CCc2sc(C(=O)N3CC(O)(C(C)C)C3)cc2C1. The van der Waals surface area contributed by atoms with Gasteiger partial charge in [0.2, 0.25) is 0 Å². The maximum Gasteiger partial charge on any atom is 0.264 e. The number of amides is 1. The van der Waals surface area contributed by atoms with Gasteiger partial charge in [-0.3, -0.25) is 4.79 Å². The molecule has 3 rings (SSSR count). The second kappa shape index (κ2) is 5.40. The van der Waals surface area contributed by atoms with Gasteiger partial charge in [0, 0.05) is 4.88 Å². The smallest absolute Gasteiger partial charge is 0.264 e. The van der Waals surface area contributed by atoms with Crippen LogP contribution in [0.2, 0.25) is 0 Å². The van der Waals surface area contributed by atoms with Crippen molar-refractivity contribution < 1.29 is 9.90 Å². The van der Waals surface area contributed by atoms with Crippen LogP contribution < -0.4 is 0 Å². The van der Waals surface area contributed by atoms with Crippen molar-refractivity contribution >= 4 is 17.2 Å². The van der Waals surface area contributed by atoms with Crippen LogP contribution in [0.3, 0.4) is 0 Å². The Morgan fingerprint density at radius 3 is 2.86 bits per heavy atom. The first-order chi connectivity index (χ1) is 9.93. The lowest BCUT2D eigenvalue weighted by Gasteiger charge is -2.48. The molecule has 2 aliphatic rings. The molecule has 1 aliphatic heterocycles. The van der Waals surface area contributed by atoms with Crippen LogP contribution >= 0.6 is 11.3 Å². The van der Waals surface area contributed by atoms with E-state index < -0.39 is 5.60 Å². The predicted molar refractivity (Wildman–Crippen MR) is 85.8 cm³/mol. The molecule has 0 saturated carbocycles. The van der Waals surface area contributed by atoms with Crippen molar-refractivity contribution in [3.63, 3.8) is 0 Å². The molecule has 1 aliphatic carbocycles. The molecule has 1 aromatic heterocycles. The fourth-order valence-electron chi connectivity index (χ4n) is 3.33. The van der Waals surface area contributed by atoms with Crippen molar-refractivity contribution in [2.24, 2.45) is 11.8 Å². The van der Waals surface area contributed by atoms with Crippen molar-refractivity contribution in [2.45, 2.75) is 52.1 Å².